The molecule has 0 spiro atoms. The quantitative estimate of drug-likeness (QED) is 0.780. The monoisotopic (exact) mass is 343 g/mol. The summed E-state index contributed by atoms with van der Waals surface area (Å²) >= 11 is 0. The fourth-order valence-electron chi connectivity index (χ4n) is 2.95. The molecule has 0 unspecified atom stereocenters. The van der Waals surface area contributed by atoms with Gasteiger partial charge in [0.25, 0.3) is 5.91 Å². The third kappa shape index (κ3) is 3.88. The number of ketones is 1. The number of H-pyrrole nitrogens is 1. The van der Waals surface area contributed by atoms with Crippen molar-refractivity contribution in [2.45, 2.75) is 32.4 Å². The molecule has 132 valence electrons. The Labute approximate surface area is 145 Å². The highest BCUT2D eigenvalue weighted by atomic mass is 16.5. The maximum absolute atomic E-state index is 12.5. The molecule has 1 saturated heterocycles. The Hall–Kier alpha value is -2.67. The van der Waals surface area contributed by atoms with Crippen LogP contribution < -0.4 is 4.74 Å². The van der Waals surface area contributed by atoms with Crippen molar-refractivity contribution in [3.05, 3.63) is 47.3 Å². The number of carbonyl (C=O) groups is 2. The van der Waals surface area contributed by atoms with Crippen molar-refractivity contribution in [3.63, 3.8) is 0 Å². The fourth-order valence-corrected chi connectivity index (χ4v) is 2.95. The molecule has 0 aliphatic carbocycles. The number of aliphatic hydroxyl groups is 1. The Morgan fingerprint density at radius 2 is 2.24 bits per heavy atom. The van der Waals surface area contributed by atoms with Crippen molar-refractivity contribution in [1.82, 2.24) is 15.1 Å². The first-order valence-electron chi connectivity index (χ1n) is 8.28. The van der Waals surface area contributed by atoms with E-state index in [2.05, 4.69) is 10.2 Å². The maximum Gasteiger partial charge on any atom is 0.274 e. The van der Waals surface area contributed by atoms with Crippen molar-refractivity contribution < 1.29 is 19.4 Å². The first-order chi connectivity index (χ1) is 12.1. The van der Waals surface area contributed by atoms with Crippen LogP contribution in [0.3, 0.4) is 0 Å². The van der Waals surface area contributed by atoms with Crippen molar-refractivity contribution >= 4 is 11.7 Å². The van der Waals surface area contributed by atoms with Gasteiger partial charge in [-0.2, -0.15) is 5.10 Å². The van der Waals surface area contributed by atoms with Crippen LogP contribution in [0, 0.1) is 0 Å². The summed E-state index contributed by atoms with van der Waals surface area (Å²) in [5.74, 6) is 0.372. The summed E-state index contributed by atoms with van der Waals surface area (Å²) in [6.07, 6.45) is 1.71. The Morgan fingerprint density at radius 3 is 3.00 bits per heavy atom. The van der Waals surface area contributed by atoms with Crippen LogP contribution in [0.4, 0.5) is 0 Å². The van der Waals surface area contributed by atoms with Gasteiger partial charge >= 0.3 is 0 Å². The number of nitrogens with zero attached hydrogens (tertiary/aromatic N) is 2. The molecular formula is C18H21N3O4. The summed E-state index contributed by atoms with van der Waals surface area (Å²) < 4.78 is 5.66. The lowest BCUT2D eigenvalue weighted by Gasteiger charge is -2.21. The number of nitrogens with one attached hydrogen (secondary N) is 1. The van der Waals surface area contributed by atoms with E-state index in [1.54, 1.807) is 35.2 Å². The maximum atomic E-state index is 12.5. The van der Waals surface area contributed by atoms with E-state index in [4.69, 9.17) is 4.74 Å². The van der Waals surface area contributed by atoms with Gasteiger partial charge in [0.05, 0.1) is 18.3 Å². The van der Waals surface area contributed by atoms with E-state index in [9.17, 15) is 14.7 Å². The second-order valence-corrected chi connectivity index (χ2v) is 6.13. The standard InChI is InChI=1S/C18H21N3O4/c1-12(23)13-4-2-6-16(8-13)25-11-14-9-17(20-19-14)18(24)21-7-3-5-15(21)10-22/h2,4,6,8-9,15,22H,3,5,7,10-11H2,1H3,(H,19,20)/t15-/m0/s1. The molecule has 1 aromatic carbocycles. The topological polar surface area (TPSA) is 95.5 Å². The third-order valence-electron chi connectivity index (χ3n) is 4.33. The minimum absolute atomic E-state index is 0.0241. The predicted molar refractivity (Wildman–Crippen MR) is 90.5 cm³/mol. The van der Waals surface area contributed by atoms with E-state index in [0.717, 1.165) is 12.8 Å². The Morgan fingerprint density at radius 1 is 1.40 bits per heavy atom. The number of likely N-dealkylation sites (tertiary alicyclic amines) is 1. The van der Waals surface area contributed by atoms with Gasteiger partial charge in [-0.3, -0.25) is 14.7 Å². The minimum atomic E-state index is -0.183. The minimum Gasteiger partial charge on any atom is -0.487 e. The molecule has 1 atom stereocenters. The molecule has 2 N–H and O–H groups in total. The number of aromatic amines is 1. The van der Waals surface area contributed by atoms with E-state index in [1.807, 2.05) is 0 Å². The number of benzene rings is 1. The largest absolute Gasteiger partial charge is 0.487 e. The van der Waals surface area contributed by atoms with Crippen molar-refractivity contribution in [3.8, 4) is 5.75 Å². The number of aromatic nitrogens is 2. The lowest BCUT2D eigenvalue weighted by Crippen LogP contribution is -2.37. The third-order valence-corrected chi connectivity index (χ3v) is 4.33. The molecule has 1 aliphatic heterocycles. The normalized spacial score (nSPS) is 16.9. The summed E-state index contributed by atoms with van der Waals surface area (Å²) in [6, 6.07) is 8.47. The van der Waals surface area contributed by atoms with Gasteiger partial charge < -0.3 is 14.7 Å². The van der Waals surface area contributed by atoms with E-state index >= 15 is 0 Å². The molecular weight excluding hydrogens is 322 g/mol. The number of rotatable bonds is 6. The molecule has 7 heteroatoms. The zero-order chi connectivity index (χ0) is 17.8. The van der Waals surface area contributed by atoms with Gasteiger partial charge in [-0.15, -0.1) is 0 Å². The summed E-state index contributed by atoms with van der Waals surface area (Å²) in [5.41, 5.74) is 1.56. The second-order valence-electron chi connectivity index (χ2n) is 6.13. The Bertz CT molecular complexity index is 771. The van der Waals surface area contributed by atoms with Crippen molar-refractivity contribution in [1.29, 1.82) is 0 Å². The van der Waals surface area contributed by atoms with Crippen molar-refractivity contribution in [2.75, 3.05) is 13.2 Å². The number of hydrogen-bond acceptors (Lipinski definition) is 5. The Kier molecular flexibility index (Phi) is 5.14. The molecule has 0 radical (unpaired) electrons. The highest BCUT2D eigenvalue weighted by Crippen LogP contribution is 2.20. The Balaban J connectivity index is 1.63. The molecule has 1 fully saturated rings. The van der Waals surface area contributed by atoms with Gasteiger partial charge in [-0.25, -0.2) is 0 Å². The molecule has 7 nitrogen and oxygen atoms in total. The van der Waals surface area contributed by atoms with Crippen LogP contribution in [0.15, 0.2) is 30.3 Å². The van der Waals surface area contributed by atoms with E-state index < -0.39 is 0 Å². The van der Waals surface area contributed by atoms with Crippen LogP contribution in [0.25, 0.3) is 0 Å². The number of aliphatic hydroxyl groups excluding tert-OH is 1. The van der Waals surface area contributed by atoms with Crippen molar-refractivity contribution in [2.24, 2.45) is 0 Å². The zero-order valence-electron chi connectivity index (χ0n) is 14.1. The van der Waals surface area contributed by atoms with Gasteiger partial charge in [0.2, 0.25) is 0 Å². The summed E-state index contributed by atoms with van der Waals surface area (Å²) in [7, 11) is 0. The van der Waals surface area contributed by atoms with Gasteiger partial charge in [-0.05, 0) is 38.0 Å². The number of hydrogen-bond donors (Lipinski definition) is 2. The lowest BCUT2D eigenvalue weighted by molar-refractivity contribution is 0.0671. The first kappa shape index (κ1) is 17.2. The van der Waals surface area contributed by atoms with E-state index in [0.29, 0.717) is 29.2 Å². The smallest absolute Gasteiger partial charge is 0.274 e. The molecule has 3 rings (SSSR count). The molecule has 1 amide bonds. The second kappa shape index (κ2) is 7.48. The van der Waals surface area contributed by atoms with Crippen LogP contribution in [0.1, 0.15) is 46.3 Å². The van der Waals surface area contributed by atoms with Gasteiger partial charge in [0.1, 0.15) is 12.4 Å². The van der Waals surface area contributed by atoms with Crippen LogP contribution in [-0.2, 0) is 6.61 Å². The number of amides is 1. The number of carbonyl (C=O) groups excluding carboxylic acids is 2. The number of ether oxygens (including phenoxy) is 1. The molecule has 2 aromatic rings. The fraction of sp³-hybridized carbons (Fsp3) is 0.389. The van der Waals surface area contributed by atoms with Gasteiger partial charge in [0.15, 0.2) is 11.5 Å². The molecule has 0 bridgehead atoms. The molecule has 1 aromatic heterocycles. The predicted octanol–water partition coefficient (Wildman–Crippen LogP) is 1.79. The lowest BCUT2D eigenvalue weighted by atomic mass is 10.1. The summed E-state index contributed by atoms with van der Waals surface area (Å²) in [4.78, 5) is 25.5. The summed E-state index contributed by atoms with van der Waals surface area (Å²) in [5, 5.41) is 16.2. The van der Waals surface area contributed by atoms with Crippen LogP contribution >= 0.6 is 0 Å². The number of Topliss-reactive ketones (excluding diaryl/α,β-unsaturated/α-hetero) is 1. The molecule has 0 saturated carbocycles. The zero-order valence-corrected chi connectivity index (χ0v) is 14.1. The average molecular weight is 343 g/mol. The van der Waals surface area contributed by atoms with Crippen LogP contribution in [0.2, 0.25) is 0 Å². The molecule has 2 heterocycles. The average Bonchev–Trinajstić information content (AvgIpc) is 3.28. The van der Waals surface area contributed by atoms with Crippen LogP contribution in [-0.4, -0.2) is 51.1 Å². The van der Waals surface area contributed by atoms with E-state index in [1.165, 1.54) is 6.92 Å². The van der Waals surface area contributed by atoms with Crippen LogP contribution in [0.5, 0.6) is 5.75 Å². The van der Waals surface area contributed by atoms with Gasteiger partial charge in [0, 0.05) is 12.1 Å². The first-order valence-corrected chi connectivity index (χ1v) is 8.28. The highest BCUT2D eigenvalue weighted by Gasteiger charge is 2.30. The molecule has 25 heavy (non-hydrogen) atoms. The SMILES string of the molecule is CC(=O)c1cccc(OCc2cc(C(=O)N3CCC[C@H]3CO)n[nH]2)c1. The van der Waals surface area contributed by atoms with E-state index in [-0.39, 0.29) is 30.9 Å². The summed E-state index contributed by atoms with van der Waals surface area (Å²) in [6.45, 7) is 2.33. The molecule has 1 aliphatic rings. The highest BCUT2D eigenvalue weighted by molar-refractivity contribution is 5.94. The van der Waals surface area contributed by atoms with Gasteiger partial charge in [-0.1, -0.05) is 12.1 Å².